The first kappa shape index (κ1) is 32.4. The molecule has 2 rings (SSSR count). The lowest BCUT2D eigenvalue weighted by Gasteiger charge is -2.20. The Morgan fingerprint density at radius 2 is 1.59 bits per heavy atom. The second-order valence-electron chi connectivity index (χ2n) is 8.02. The van der Waals surface area contributed by atoms with Crippen LogP contribution in [0.4, 0.5) is 43.9 Å². The van der Waals surface area contributed by atoms with Crippen LogP contribution in [0, 0.1) is 0 Å². The van der Waals surface area contributed by atoms with Crippen molar-refractivity contribution in [2.75, 3.05) is 0 Å². The van der Waals surface area contributed by atoms with Gasteiger partial charge in [0.15, 0.2) is 0 Å². The second-order valence-corrected chi connectivity index (χ2v) is 9.28. The van der Waals surface area contributed by atoms with E-state index < -0.39 is 76.9 Å². The molecule has 0 aromatic heterocycles. The molecule has 39 heavy (non-hydrogen) atoms. The number of allylic oxidation sites excluding steroid dienone is 1. The van der Waals surface area contributed by atoms with Gasteiger partial charge in [-0.15, -0.1) is 0 Å². The highest BCUT2D eigenvalue weighted by molar-refractivity contribution is 9.10. The Balaban J connectivity index is 2.40. The normalized spacial score (nSPS) is 14.5. The number of nitrogens with one attached hydrogen (secondary N) is 2. The van der Waals surface area contributed by atoms with Gasteiger partial charge in [-0.1, -0.05) is 23.7 Å². The van der Waals surface area contributed by atoms with Crippen LogP contribution in [-0.2, 0) is 11.0 Å². The maximum atomic E-state index is 14.9. The summed E-state index contributed by atoms with van der Waals surface area (Å²) in [6.07, 6.45) is -18.6. The van der Waals surface area contributed by atoms with Gasteiger partial charge < -0.3 is 10.6 Å². The third kappa shape index (κ3) is 9.41. The van der Waals surface area contributed by atoms with E-state index in [0.717, 1.165) is 19.1 Å². The van der Waals surface area contributed by atoms with E-state index in [9.17, 15) is 53.5 Å². The number of amides is 2. The molecule has 0 radical (unpaired) electrons. The quantitative estimate of drug-likeness (QED) is 0.235. The molecule has 2 N–H and O–H groups in total. The molecule has 0 aliphatic heterocycles. The summed E-state index contributed by atoms with van der Waals surface area (Å²) in [5.74, 6) is -7.36. The molecule has 4 nitrogen and oxygen atoms in total. The molecule has 2 unspecified atom stereocenters. The zero-order chi connectivity index (χ0) is 29.9. The predicted octanol–water partition coefficient (Wildman–Crippen LogP) is 7.92. The summed E-state index contributed by atoms with van der Waals surface area (Å²) in [7, 11) is 0. The summed E-state index contributed by atoms with van der Waals surface area (Å²) in [5.41, 5.74) is -4.31. The fourth-order valence-corrected chi connectivity index (χ4v) is 3.67. The lowest BCUT2D eigenvalue weighted by atomic mass is 9.95. The molecule has 0 saturated heterocycles. The topological polar surface area (TPSA) is 58.2 Å². The molecule has 0 fully saturated rings. The monoisotopic (exact) mass is 656 g/mol. The van der Waals surface area contributed by atoms with E-state index in [-0.39, 0.29) is 21.6 Å². The zero-order valence-corrected chi connectivity index (χ0v) is 21.6. The van der Waals surface area contributed by atoms with Crippen LogP contribution >= 0.6 is 27.5 Å². The van der Waals surface area contributed by atoms with Crippen molar-refractivity contribution in [3.8, 4) is 0 Å². The molecule has 0 saturated carbocycles. The van der Waals surface area contributed by atoms with E-state index in [0.29, 0.717) is 12.1 Å². The second kappa shape index (κ2) is 12.1. The van der Waals surface area contributed by atoms with Gasteiger partial charge in [0.2, 0.25) is 5.91 Å². The maximum Gasteiger partial charge on any atom is 0.417 e. The molecule has 0 heterocycles. The van der Waals surface area contributed by atoms with E-state index >= 15 is 0 Å². The number of carbonyl (C=O) groups excluding carboxylic acids is 2. The van der Waals surface area contributed by atoms with Crippen LogP contribution in [0.15, 0.2) is 46.9 Å². The van der Waals surface area contributed by atoms with Crippen LogP contribution in [0.1, 0.15) is 46.3 Å². The van der Waals surface area contributed by atoms with Gasteiger partial charge in [0, 0.05) is 10.0 Å². The van der Waals surface area contributed by atoms with Crippen molar-refractivity contribution in [1.29, 1.82) is 0 Å². The number of carbonyl (C=O) groups is 2. The average molecular weight is 658 g/mol. The Morgan fingerprint density at radius 1 is 0.974 bits per heavy atom. The molecule has 0 spiro atoms. The summed E-state index contributed by atoms with van der Waals surface area (Å²) >= 11 is 8.80. The van der Waals surface area contributed by atoms with E-state index in [2.05, 4.69) is 15.9 Å². The minimum absolute atomic E-state index is 0.0487. The molecule has 2 amide bonds. The van der Waals surface area contributed by atoms with Gasteiger partial charge in [-0.2, -0.15) is 39.5 Å². The maximum absolute atomic E-state index is 14.9. The third-order valence-corrected chi connectivity index (χ3v) is 6.13. The molecule has 0 aliphatic rings. The Labute approximate surface area is 227 Å². The van der Waals surface area contributed by atoms with E-state index in [4.69, 9.17) is 11.6 Å². The van der Waals surface area contributed by atoms with Crippen LogP contribution < -0.4 is 10.6 Å². The predicted molar refractivity (Wildman–Crippen MR) is 124 cm³/mol. The fourth-order valence-electron chi connectivity index (χ4n) is 3.24. The van der Waals surface area contributed by atoms with E-state index in [1.54, 1.807) is 5.32 Å². The first-order valence-electron chi connectivity index (χ1n) is 10.5. The number of alkyl halides is 9. The number of rotatable bonds is 7. The minimum atomic E-state index is -5.30. The van der Waals surface area contributed by atoms with Crippen LogP contribution in [0.3, 0.4) is 0 Å². The average Bonchev–Trinajstić information content (AvgIpc) is 2.76. The van der Waals surface area contributed by atoms with Crippen LogP contribution in [0.2, 0.25) is 5.02 Å². The molecular formula is C23H16BrClF10N2O2. The number of halogens is 12. The van der Waals surface area contributed by atoms with Gasteiger partial charge in [0.25, 0.3) is 5.91 Å². The highest BCUT2D eigenvalue weighted by Gasteiger charge is 2.41. The Hall–Kier alpha value is -2.81. The summed E-state index contributed by atoms with van der Waals surface area (Å²) in [6.45, 7) is 0.974. The van der Waals surface area contributed by atoms with Gasteiger partial charge in [-0.3, -0.25) is 9.59 Å². The van der Waals surface area contributed by atoms with Crippen molar-refractivity contribution in [2.45, 2.75) is 44.0 Å². The number of hydrogen-bond donors (Lipinski definition) is 2. The van der Waals surface area contributed by atoms with Crippen molar-refractivity contribution in [3.63, 3.8) is 0 Å². The third-order valence-electron chi connectivity index (χ3n) is 4.90. The first-order chi connectivity index (χ1) is 17.7. The lowest BCUT2D eigenvalue weighted by molar-refractivity contribution is -0.154. The zero-order valence-electron chi connectivity index (χ0n) is 19.3. The van der Waals surface area contributed by atoms with E-state index in [1.807, 2.05) is 5.32 Å². The largest absolute Gasteiger partial charge is 0.417 e. The molecule has 2 aromatic rings. The summed E-state index contributed by atoms with van der Waals surface area (Å²) in [6, 6.07) is 4.26. The summed E-state index contributed by atoms with van der Waals surface area (Å²) < 4.78 is 134. The smallest absolute Gasteiger partial charge is 0.336 e. The van der Waals surface area contributed by atoms with Crippen molar-refractivity contribution in [2.24, 2.45) is 0 Å². The van der Waals surface area contributed by atoms with Crippen molar-refractivity contribution in [3.05, 3.63) is 74.2 Å². The highest BCUT2D eigenvalue weighted by Crippen LogP contribution is 2.41. The standard InChI is InChI=1S/C23H16BrClF10N2O2/c1-10(36-19(38)9-21(27,28)29)37-20(39)13-4-2-12(6-15(13)23(33,34)35)18(26)8-14(22(30,31)32)11-3-5-16(24)17(25)7-11/h2-8,10,14H,9H2,1H3,(H,36,38)(H,37,39)/b18-8-. The Kier molecular flexibility index (Phi) is 10.1. The van der Waals surface area contributed by atoms with Crippen molar-refractivity contribution in [1.82, 2.24) is 10.6 Å². The van der Waals surface area contributed by atoms with Crippen LogP contribution in [0.5, 0.6) is 0 Å². The van der Waals surface area contributed by atoms with Crippen molar-refractivity contribution >= 4 is 45.2 Å². The van der Waals surface area contributed by atoms with Gasteiger partial charge >= 0.3 is 18.5 Å². The molecule has 16 heteroatoms. The molecule has 2 aromatic carbocycles. The summed E-state index contributed by atoms with van der Waals surface area (Å²) in [4.78, 5) is 23.7. The fraction of sp³-hybridized carbons (Fsp3) is 0.304. The van der Waals surface area contributed by atoms with Gasteiger partial charge in [0.05, 0.1) is 22.3 Å². The van der Waals surface area contributed by atoms with Gasteiger partial charge in [-0.25, -0.2) is 4.39 Å². The van der Waals surface area contributed by atoms with Gasteiger partial charge in [-0.05, 0) is 58.8 Å². The van der Waals surface area contributed by atoms with Gasteiger partial charge in [0.1, 0.15) is 18.2 Å². The Morgan fingerprint density at radius 3 is 2.10 bits per heavy atom. The minimum Gasteiger partial charge on any atom is -0.336 e. The molecule has 2 atom stereocenters. The molecule has 0 bridgehead atoms. The SMILES string of the molecule is CC(NC(=O)CC(F)(F)F)NC(=O)c1ccc(/C(F)=C/C(c2ccc(Br)c(Cl)c2)C(F)(F)F)cc1C(F)(F)F. The molecule has 0 aliphatic carbocycles. The number of hydrogen-bond acceptors (Lipinski definition) is 2. The number of benzene rings is 2. The molecule has 214 valence electrons. The molecular weight excluding hydrogens is 642 g/mol. The van der Waals surface area contributed by atoms with Crippen LogP contribution in [-0.4, -0.2) is 30.3 Å². The van der Waals surface area contributed by atoms with E-state index in [1.165, 1.54) is 6.07 Å². The van der Waals surface area contributed by atoms with Crippen LogP contribution in [0.25, 0.3) is 5.83 Å². The highest BCUT2D eigenvalue weighted by atomic mass is 79.9. The lowest BCUT2D eigenvalue weighted by Crippen LogP contribution is -2.47. The first-order valence-corrected chi connectivity index (χ1v) is 11.6. The van der Waals surface area contributed by atoms with Crippen molar-refractivity contribution < 1.29 is 53.5 Å². The summed E-state index contributed by atoms with van der Waals surface area (Å²) in [5, 5.41) is 3.44. The Bertz CT molecular complexity index is 1260.